The quantitative estimate of drug-likeness (QED) is 0.700. The highest BCUT2D eigenvalue weighted by Gasteiger charge is 2.44. The lowest BCUT2D eigenvalue weighted by molar-refractivity contribution is -0.143. The molecule has 6 heteroatoms. The third kappa shape index (κ3) is 2.04. The largest absolute Gasteiger partial charge is 0.480 e. The Bertz CT molecular complexity index is 317. The van der Waals surface area contributed by atoms with E-state index in [1.165, 1.54) is 0 Å². The summed E-state index contributed by atoms with van der Waals surface area (Å²) >= 11 is 1.78. The van der Waals surface area contributed by atoms with Crippen molar-refractivity contribution in [2.75, 3.05) is 24.6 Å². The predicted octanol–water partition coefficient (Wildman–Crippen LogP) is -0.246. The van der Waals surface area contributed by atoms with Crippen LogP contribution < -0.4 is 5.73 Å². The summed E-state index contributed by atoms with van der Waals surface area (Å²) < 4.78 is 0. The van der Waals surface area contributed by atoms with Gasteiger partial charge in [0.2, 0.25) is 5.91 Å². The van der Waals surface area contributed by atoms with E-state index in [9.17, 15) is 9.59 Å². The van der Waals surface area contributed by atoms with E-state index in [1.54, 1.807) is 16.7 Å². The van der Waals surface area contributed by atoms with Crippen LogP contribution in [0.3, 0.4) is 0 Å². The molecule has 0 spiro atoms. The van der Waals surface area contributed by atoms with Gasteiger partial charge in [0.15, 0.2) is 0 Å². The summed E-state index contributed by atoms with van der Waals surface area (Å²) in [5.41, 5.74) is 4.50. The van der Waals surface area contributed by atoms with Crippen LogP contribution in [0.1, 0.15) is 12.8 Å². The van der Waals surface area contributed by atoms with Crippen LogP contribution in [0.2, 0.25) is 0 Å². The molecule has 0 saturated carbocycles. The first-order valence-corrected chi connectivity index (χ1v) is 6.57. The van der Waals surface area contributed by atoms with Crippen molar-refractivity contribution in [3.05, 3.63) is 0 Å². The zero-order valence-electron chi connectivity index (χ0n) is 9.02. The molecule has 5 nitrogen and oxygen atoms in total. The Labute approximate surface area is 98.4 Å². The van der Waals surface area contributed by atoms with Crippen molar-refractivity contribution >= 4 is 23.6 Å². The number of nitrogens with two attached hydrogens (primary N) is 1. The van der Waals surface area contributed by atoms with Crippen LogP contribution >= 0.6 is 11.8 Å². The molecule has 0 radical (unpaired) electrons. The minimum atomic E-state index is -1.23. The standard InChI is InChI=1S/C10H16N2O3S/c11-10(9(14)15)2-3-12(6-10)8(13)7-1-4-16-5-7/h7H,1-6,11H2,(H,14,15). The van der Waals surface area contributed by atoms with E-state index >= 15 is 0 Å². The van der Waals surface area contributed by atoms with Gasteiger partial charge in [0.1, 0.15) is 5.54 Å². The lowest BCUT2D eigenvalue weighted by Gasteiger charge is -2.22. The number of carboxylic acids is 1. The van der Waals surface area contributed by atoms with Gasteiger partial charge < -0.3 is 15.7 Å². The van der Waals surface area contributed by atoms with Crippen LogP contribution in [0.5, 0.6) is 0 Å². The molecule has 3 N–H and O–H groups in total. The van der Waals surface area contributed by atoms with Crippen LogP contribution in [-0.4, -0.2) is 52.0 Å². The fourth-order valence-electron chi connectivity index (χ4n) is 2.18. The van der Waals surface area contributed by atoms with Crippen molar-refractivity contribution in [2.24, 2.45) is 11.7 Å². The molecule has 1 amide bonds. The number of thioether (sulfide) groups is 1. The highest BCUT2D eigenvalue weighted by Crippen LogP contribution is 2.28. The Morgan fingerprint density at radius 3 is 2.75 bits per heavy atom. The SMILES string of the molecule is NC1(C(=O)O)CCN(C(=O)C2CCSC2)C1. The molecule has 0 bridgehead atoms. The molecule has 2 saturated heterocycles. The molecule has 0 aliphatic carbocycles. The minimum absolute atomic E-state index is 0.0705. The molecule has 2 rings (SSSR count). The van der Waals surface area contributed by atoms with Gasteiger partial charge in [0, 0.05) is 24.8 Å². The number of carboxylic acid groups (broad SMARTS) is 1. The molecule has 2 aliphatic rings. The maximum atomic E-state index is 12.0. The van der Waals surface area contributed by atoms with Gasteiger partial charge in [-0.2, -0.15) is 11.8 Å². The number of carbonyl (C=O) groups is 2. The maximum absolute atomic E-state index is 12.0. The Hall–Kier alpha value is -0.750. The number of rotatable bonds is 2. The Balaban J connectivity index is 1.97. The second-order valence-electron chi connectivity index (χ2n) is 4.53. The maximum Gasteiger partial charge on any atom is 0.325 e. The summed E-state index contributed by atoms with van der Waals surface area (Å²) in [5.74, 6) is 1.03. The van der Waals surface area contributed by atoms with Gasteiger partial charge in [-0.3, -0.25) is 9.59 Å². The Kier molecular flexibility index (Phi) is 3.12. The summed E-state index contributed by atoms with van der Waals surface area (Å²) in [6.07, 6.45) is 1.26. The molecule has 0 aromatic rings. The van der Waals surface area contributed by atoms with Crippen LogP contribution in [0, 0.1) is 5.92 Å². The highest BCUT2D eigenvalue weighted by molar-refractivity contribution is 7.99. The Morgan fingerprint density at radius 2 is 2.25 bits per heavy atom. The summed E-state index contributed by atoms with van der Waals surface area (Å²) in [7, 11) is 0. The van der Waals surface area contributed by atoms with E-state index in [2.05, 4.69) is 0 Å². The zero-order chi connectivity index (χ0) is 11.8. The van der Waals surface area contributed by atoms with E-state index in [0.29, 0.717) is 13.0 Å². The van der Waals surface area contributed by atoms with Crippen molar-refractivity contribution in [2.45, 2.75) is 18.4 Å². The van der Waals surface area contributed by atoms with Crippen molar-refractivity contribution < 1.29 is 14.7 Å². The van der Waals surface area contributed by atoms with Gasteiger partial charge in [0.05, 0.1) is 0 Å². The summed E-state index contributed by atoms with van der Waals surface area (Å²) in [6, 6.07) is 0. The fourth-order valence-corrected chi connectivity index (χ4v) is 3.39. The predicted molar refractivity (Wildman–Crippen MR) is 61.2 cm³/mol. The molecule has 0 aromatic heterocycles. The third-order valence-corrected chi connectivity index (χ3v) is 4.48. The van der Waals surface area contributed by atoms with E-state index in [1.807, 2.05) is 0 Å². The van der Waals surface area contributed by atoms with Crippen molar-refractivity contribution in [3.8, 4) is 0 Å². The summed E-state index contributed by atoms with van der Waals surface area (Å²) in [5, 5.41) is 8.97. The van der Waals surface area contributed by atoms with Gasteiger partial charge in [0.25, 0.3) is 0 Å². The third-order valence-electron chi connectivity index (χ3n) is 3.32. The van der Waals surface area contributed by atoms with Crippen LogP contribution in [-0.2, 0) is 9.59 Å². The van der Waals surface area contributed by atoms with Gasteiger partial charge >= 0.3 is 5.97 Å². The van der Waals surface area contributed by atoms with Crippen molar-refractivity contribution in [1.29, 1.82) is 0 Å². The van der Waals surface area contributed by atoms with Crippen molar-refractivity contribution in [1.82, 2.24) is 4.90 Å². The first-order valence-electron chi connectivity index (χ1n) is 5.42. The molecule has 0 aromatic carbocycles. The normalized spacial score (nSPS) is 34.3. The number of likely N-dealkylation sites (tertiary alicyclic amines) is 1. The van der Waals surface area contributed by atoms with Gasteiger partial charge in [-0.1, -0.05) is 0 Å². The number of carbonyl (C=O) groups excluding carboxylic acids is 1. The molecule has 2 unspecified atom stereocenters. The van der Waals surface area contributed by atoms with E-state index in [-0.39, 0.29) is 18.4 Å². The molecule has 90 valence electrons. The number of nitrogens with zero attached hydrogens (tertiary/aromatic N) is 1. The van der Waals surface area contributed by atoms with E-state index < -0.39 is 11.5 Å². The average Bonchev–Trinajstić information content (AvgIpc) is 2.85. The Morgan fingerprint density at radius 1 is 1.50 bits per heavy atom. The van der Waals surface area contributed by atoms with Gasteiger partial charge in [-0.25, -0.2) is 0 Å². The van der Waals surface area contributed by atoms with Crippen LogP contribution in [0.15, 0.2) is 0 Å². The lowest BCUT2D eigenvalue weighted by atomic mass is 10.0. The molecular formula is C10H16N2O3S. The van der Waals surface area contributed by atoms with Crippen LogP contribution in [0.25, 0.3) is 0 Å². The fraction of sp³-hybridized carbons (Fsp3) is 0.800. The molecule has 2 atom stereocenters. The molecule has 2 aliphatic heterocycles. The van der Waals surface area contributed by atoms with E-state index in [0.717, 1.165) is 17.9 Å². The number of hydrogen-bond donors (Lipinski definition) is 2. The average molecular weight is 244 g/mol. The number of amides is 1. The molecule has 16 heavy (non-hydrogen) atoms. The minimum Gasteiger partial charge on any atom is -0.480 e. The number of hydrogen-bond acceptors (Lipinski definition) is 4. The zero-order valence-corrected chi connectivity index (χ0v) is 9.83. The van der Waals surface area contributed by atoms with Crippen molar-refractivity contribution in [3.63, 3.8) is 0 Å². The smallest absolute Gasteiger partial charge is 0.325 e. The summed E-state index contributed by atoms with van der Waals surface area (Å²) in [4.78, 5) is 24.6. The second kappa shape index (κ2) is 4.25. The molecule has 2 heterocycles. The highest BCUT2D eigenvalue weighted by atomic mass is 32.2. The second-order valence-corrected chi connectivity index (χ2v) is 5.68. The first kappa shape index (κ1) is 11.7. The van der Waals surface area contributed by atoms with Gasteiger partial charge in [-0.05, 0) is 18.6 Å². The topological polar surface area (TPSA) is 83.6 Å². The number of aliphatic carboxylic acids is 1. The summed E-state index contributed by atoms with van der Waals surface area (Å²) in [6.45, 7) is 0.630. The van der Waals surface area contributed by atoms with E-state index in [4.69, 9.17) is 10.8 Å². The lowest BCUT2D eigenvalue weighted by Crippen LogP contribution is -2.51. The first-order chi connectivity index (χ1) is 7.53. The molecular weight excluding hydrogens is 228 g/mol. The van der Waals surface area contributed by atoms with Crippen LogP contribution in [0.4, 0.5) is 0 Å². The molecule has 2 fully saturated rings. The van der Waals surface area contributed by atoms with Gasteiger partial charge in [-0.15, -0.1) is 0 Å². The monoisotopic (exact) mass is 244 g/mol.